The molecule has 1 saturated heterocycles. The fourth-order valence-electron chi connectivity index (χ4n) is 2.01. The van der Waals surface area contributed by atoms with E-state index in [1.165, 1.54) is 0 Å². The van der Waals surface area contributed by atoms with E-state index >= 15 is 0 Å². The topological polar surface area (TPSA) is 44.8 Å². The van der Waals surface area contributed by atoms with Gasteiger partial charge in [0, 0.05) is 5.56 Å². The minimum Gasteiger partial charge on any atom is -0.467 e. The zero-order valence-electron chi connectivity index (χ0n) is 12.2. The van der Waals surface area contributed by atoms with E-state index in [-0.39, 0.29) is 6.45 Å². The predicted molar refractivity (Wildman–Crippen MR) is 95.5 cm³/mol. The van der Waals surface area contributed by atoms with Gasteiger partial charge in [-0.05, 0) is 67.3 Å². The highest BCUT2D eigenvalue weighted by molar-refractivity contribution is 14.2. The van der Waals surface area contributed by atoms with E-state index < -0.39 is 18.3 Å². The van der Waals surface area contributed by atoms with Crippen LogP contribution in [-0.4, -0.2) is 24.6 Å². The average Bonchev–Trinajstić information content (AvgIpc) is 2.58. The van der Waals surface area contributed by atoms with Crippen LogP contribution in [0.5, 0.6) is 5.75 Å². The van der Waals surface area contributed by atoms with Gasteiger partial charge in [0.25, 0.3) is 0 Å². The van der Waals surface area contributed by atoms with Gasteiger partial charge in [0.2, 0.25) is 0 Å². The Morgan fingerprint density at radius 3 is 2.33 bits per heavy atom. The van der Waals surface area contributed by atoms with Crippen molar-refractivity contribution in [1.82, 2.24) is 0 Å². The smallest absolute Gasteiger partial charge is 0.467 e. The summed E-state index contributed by atoms with van der Waals surface area (Å²) in [7, 11) is -0.645. The molecule has 1 aromatic carbocycles. The lowest BCUT2D eigenvalue weighted by Gasteiger charge is -2.32. The second-order valence-corrected chi connectivity index (χ2v) is 7.88. The molecule has 0 saturated carbocycles. The van der Waals surface area contributed by atoms with Crippen LogP contribution in [0, 0.1) is 0 Å². The van der Waals surface area contributed by atoms with Crippen molar-refractivity contribution in [2.24, 2.45) is 0 Å². The molecule has 0 amide bonds. The maximum absolute atomic E-state index is 11.4. The van der Waals surface area contributed by atoms with Crippen molar-refractivity contribution in [1.29, 1.82) is 0 Å². The number of aldehydes is 1. The predicted octanol–water partition coefficient (Wildman–Crippen LogP) is 3.77. The molecule has 0 aliphatic carbocycles. The third kappa shape index (κ3) is 3.40. The Kier molecular flexibility index (Phi) is 5.26. The van der Waals surface area contributed by atoms with Gasteiger partial charge in [-0.1, -0.05) is 11.6 Å². The second-order valence-electron chi connectivity index (χ2n) is 5.79. The number of benzene rings is 1. The molecule has 21 heavy (non-hydrogen) atoms. The first-order valence-electron chi connectivity index (χ1n) is 6.38. The first-order valence-corrected chi connectivity index (χ1v) is 10.8. The van der Waals surface area contributed by atoms with E-state index in [1.807, 2.05) is 27.7 Å². The largest absolute Gasteiger partial charge is 0.495 e. The lowest BCUT2D eigenvalue weighted by molar-refractivity contribution is 0.00578. The first kappa shape index (κ1) is 17.5. The van der Waals surface area contributed by atoms with E-state index in [1.54, 1.807) is 12.1 Å². The molecule has 1 unspecified atom stereocenters. The molecule has 8 heteroatoms. The molecule has 4 nitrogen and oxygen atoms in total. The first-order chi connectivity index (χ1) is 9.71. The standard InChI is InChI=1S/C13H16BClIO4P/c1-12(2)13(3,4)20-14(19-12)10-5-8(18-21-16)6-11(15)9(10)7-17/h5-7,21H,1-4H3. The minimum absolute atomic E-state index is 0.255. The Morgan fingerprint density at radius 1 is 1.29 bits per heavy atom. The summed E-state index contributed by atoms with van der Waals surface area (Å²) in [5.74, 6) is 0.600. The van der Waals surface area contributed by atoms with E-state index in [0.29, 0.717) is 21.8 Å². The summed E-state index contributed by atoms with van der Waals surface area (Å²) < 4.78 is 17.5. The molecular weight excluding hydrogens is 424 g/mol. The van der Waals surface area contributed by atoms with Crippen molar-refractivity contribution in [3.63, 3.8) is 0 Å². The summed E-state index contributed by atoms with van der Waals surface area (Å²) in [6, 6.07) is 3.38. The van der Waals surface area contributed by atoms with Gasteiger partial charge in [0.15, 0.2) is 6.29 Å². The summed E-state index contributed by atoms with van der Waals surface area (Å²) in [4.78, 5) is 11.4. The van der Waals surface area contributed by atoms with Crippen LogP contribution >= 0.6 is 40.1 Å². The molecule has 0 bridgehead atoms. The number of carbonyl (C=O) groups is 1. The highest BCUT2D eigenvalue weighted by Gasteiger charge is 2.52. The van der Waals surface area contributed by atoms with Gasteiger partial charge in [-0.25, -0.2) is 0 Å². The number of hydrogen-bond donors (Lipinski definition) is 0. The lowest BCUT2D eigenvalue weighted by Crippen LogP contribution is -2.41. The van der Waals surface area contributed by atoms with Gasteiger partial charge in [-0.2, -0.15) is 0 Å². The van der Waals surface area contributed by atoms with Crippen molar-refractivity contribution in [2.45, 2.75) is 38.9 Å². The van der Waals surface area contributed by atoms with Gasteiger partial charge < -0.3 is 13.8 Å². The Bertz CT molecular complexity index is 551. The zero-order valence-corrected chi connectivity index (χ0v) is 16.1. The van der Waals surface area contributed by atoms with Crippen molar-refractivity contribution >= 4 is 59.0 Å². The highest BCUT2D eigenvalue weighted by Crippen LogP contribution is 2.37. The SMILES string of the molecule is CC1(C)OB(c2cc(OPI)cc(Cl)c2C=O)OC1(C)C. The number of rotatable bonds is 4. The molecule has 1 aromatic rings. The Balaban J connectivity index is 2.46. The fourth-order valence-corrected chi connectivity index (χ4v) is 3.24. The maximum Gasteiger partial charge on any atom is 0.495 e. The van der Waals surface area contributed by atoms with Gasteiger partial charge in [-0.15, -0.1) is 0 Å². The molecule has 114 valence electrons. The number of halogens is 2. The molecule has 0 N–H and O–H groups in total. The van der Waals surface area contributed by atoms with Crippen LogP contribution in [0.4, 0.5) is 0 Å². The lowest BCUT2D eigenvalue weighted by atomic mass is 9.76. The summed E-state index contributed by atoms with van der Waals surface area (Å²) >= 11 is 8.29. The third-order valence-electron chi connectivity index (χ3n) is 3.92. The van der Waals surface area contributed by atoms with Crippen LogP contribution in [0.1, 0.15) is 38.1 Å². The number of hydrogen-bond acceptors (Lipinski definition) is 4. The molecule has 1 atom stereocenters. The third-order valence-corrected chi connectivity index (χ3v) is 5.20. The van der Waals surface area contributed by atoms with Crippen LogP contribution < -0.4 is 9.99 Å². The van der Waals surface area contributed by atoms with Crippen molar-refractivity contribution in [3.8, 4) is 5.75 Å². The Hall–Kier alpha value is 0.125. The monoisotopic (exact) mass is 440 g/mol. The Labute approximate surface area is 144 Å². The van der Waals surface area contributed by atoms with E-state index in [0.717, 1.165) is 6.29 Å². The van der Waals surface area contributed by atoms with Crippen LogP contribution in [0.2, 0.25) is 5.02 Å². The van der Waals surface area contributed by atoms with Crippen molar-refractivity contribution in [3.05, 3.63) is 22.7 Å². The normalized spacial score (nSPS) is 20.2. The van der Waals surface area contributed by atoms with Crippen molar-refractivity contribution in [2.75, 3.05) is 0 Å². The summed E-state index contributed by atoms with van der Waals surface area (Å²) in [6.45, 7) is 8.10. The minimum atomic E-state index is -0.645. The quantitative estimate of drug-likeness (QED) is 0.310. The van der Waals surface area contributed by atoms with Crippen LogP contribution in [0.25, 0.3) is 0 Å². The van der Waals surface area contributed by atoms with E-state index in [4.69, 9.17) is 25.4 Å². The van der Waals surface area contributed by atoms with Crippen LogP contribution in [0.3, 0.4) is 0 Å². The zero-order chi connectivity index (χ0) is 15.8. The van der Waals surface area contributed by atoms with Gasteiger partial charge in [0.05, 0.1) is 16.2 Å². The van der Waals surface area contributed by atoms with E-state index in [9.17, 15) is 4.79 Å². The summed E-state index contributed by atoms with van der Waals surface area (Å²) in [5.41, 5.74) is 0.0123. The molecule has 1 heterocycles. The second kappa shape index (κ2) is 6.32. The molecular formula is C13H16BClIO4P. The van der Waals surface area contributed by atoms with Gasteiger partial charge in [0.1, 0.15) is 12.2 Å². The maximum atomic E-state index is 11.4. The molecule has 0 radical (unpaired) electrons. The highest BCUT2D eigenvalue weighted by atomic mass is 127. The molecule has 2 rings (SSSR count). The molecule has 1 aliphatic heterocycles. The van der Waals surface area contributed by atoms with Crippen LogP contribution in [-0.2, 0) is 9.31 Å². The molecule has 1 aliphatic rings. The van der Waals surface area contributed by atoms with Gasteiger partial charge >= 0.3 is 7.12 Å². The van der Waals surface area contributed by atoms with E-state index in [2.05, 4.69) is 22.0 Å². The Morgan fingerprint density at radius 2 is 1.86 bits per heavy atom. The van der Waals surface area contributed by atoms with Crippen molar-refractivity contribution < 1.29 is 18.6 Å². The summed E-state index contributed by atoms with van der Waals surface area (Å²) in [6.07, 6.45) is 0.721. The van der Waals surface area contributed by atoms with Gasteiger partial charge in [-0.3, -0.25) is 4.79 Å². The molecule has 0 spiro atoms. The average molecular weight is 440 g/mol. The summed E-state index contributed by atoms with van der Waals surface area (Å²) in [5, 5.41) is 0.335. The number of carbonyl (C=O) groups excluding carboxylic acids is 1. The van der Waals surface area contributed by atoms with Crippen LogP contribution in [0.15, 0.2) is 12.1 Å². The molecule has 1 fully saturated rings. The fraction of sp³-hybridized carbons (Fsp3) is 0.462. The molecule has 0 aromatic heterocycles.